The van der Waals surface area contributed by atoms with Gasteiger partial charge in [-0.3, -0.25) is 4.79 Å². The summed E-state index contributed by atoms with van der Waals surface area (Å²) in [5.41, 5.74) is 1.45. The van der Waals surface area contributed by atoms with Crippen LogP contribution in [0.3, 0.4) is 0 Å². The van der Waals surface area contributed by atoms with E-state index in [-0.39, 0.29) is 11.9 Å². The van der Waals surface area contributed by atoms with Gasteiger partial charge in [0.2, 0.25) is 5.89 Å². The van der Waals surface area contributed by atoms with Gasteiger partial charge >= 0.3 is 0 Å². The molecule has 0 bridgehead atoms. The highest BCUT2D eigenvalue weighted by Crippen LogP contribution is 2.31. The first-order chi connectivity index (χ1) is 12.2. The standard InChI is InChI=1S/C19H22N4O2/c1-12(19-22-17(23-25-19)14-6-3-2-4-7-14)21-18(24)15-9-5-8-13-10-11-20-16(13)15/h5,8-12,14,20H,2-4,6-7H2,1H3,(H,21,24). The van der Waals surface area contributed by atoms with Crippen LogP contribution in [0.25, 0.3) is 10.9 Å². The fraction of sp³-hybridized carbons (Fsp3) is 0.421. The molecule has 1 aliphatic rings. The number of H-pyrrole nitrogens is 1. The van der Waals surface area contributed by atoms with Crippen LogP contribution in [0.5, 0.6) is 0 Å². The molecule has 25 heavy (non-hydrogen) atoms. The molecule has 0 radical (unpaired) electrons. The maximum Gasteiger partial charge on any atom is 0.254 e. The topological polar surface area (TPSA) is 83.8 Å². The van der Waals surface area contributed by atoms with Gasteiger partial charge in [0, 0.05) is 17.5 Å². The molecule has 130 valence electrons. The van der Waals surface area contributed by atoms with Gasteiger partial charge in [0.15, 0.2) is 5.82 Å². The monoisotopic (exact) mass is 338 g/mol. The predicted molar refractivity (Wildman–Crippen MR) is 94.3 cm³/mol. The van der Waals surface area contributed by atoms with Gasteiger partial charge in [-0.15, -0.1) is 0 Å². The van der Waals surface area contributed by atoms with Crippen LogP contribution in [0, 0.1) is 0 Å². The van der Waals surface area contributed by atoms with Gasteiger partial charge in [-0.2, -0.15) is 4.98 Å². The molecule has 1 fully saturated rings. The van der Waals surface area contributed by atoms with Crippen LogP contribution in [-0.2, 0) is 0 Å². The van der Waals surface area contributed by atoms with E-state index in [0.29, 0.717) is 17.4 Å². The van der Waals surface area contributed by atoms with E-state index < -0.39 is 0 Å². The Morgan fingerprint density at radius 2 is 2.12 bits per heavy atom. The zero-order chi connectivity index (χ0) is 17.2. The van der Waals surface area contributed by atoms with Crippen LogP contribution >= 0.6 is 0 Å². The highest BCUT2D eigenvalue weighted by atomic mass is 16.5. The van der Waals surface area contributed by atoms with E-state index in [1.165, 1.54) is 19.3 Å². The Hall–Kier alpha value is -2.63. The molecule has 0 spiro atoms. The van der Waals surface area contributed by atoms with Gasteiger partial charge in [0.1, 0.15) is 6.04 Å². The van der Waals surface area contributed by atoms with Gasteiger partial charge in [-0.25, -0.2) is 0 Å². The van der Waals surface area contributed by atoms with Crippen molar-refractivity contribution >= 4 is 16.8 Å². The number of fused-ring (bicyclic) bond motifs is 1. The van der Waals surface area contributed by atoms with Crippen LogP contribution in [0.4, 0.5) is 0 Å². The summed E-state index contributed by atoms with van der Waals surface area (Å²) in [5.74, 6) is 1.48. The average Bonchev–Trinajstić information content (AvgIpc) is 3.31. The number of carbonyl (C=O) groups is 1. The summed E-state index contributed by atoms with van der Waals surface area (Å²) in [6, 6.07) is 7.28. The quantitative estimate of drug-likeness (QED) is 0.750. The molecule has 4 rings (SSSR count). The number of hydrogen-bond donors (Lipinski definition) is 2. The molecule has 6 nitrogen and oxygen atoms in total. The molecule has 1 atom stereocenters. The first kappa shape index (κ1) is 15.9. The van der Waals surface area contributed by atoms with E-state index in [9.17, 15) is 4.79 Å². The van der Waals surface area contributed by atoms with Crippen LogP contribution in [0.15, 0.2) is 35.0 Å². The number of nitrogens with one attached hydrogen (secondary N) is 2. The largest absolute Gasteiger partial charge is 0.361 e. The zero-order valence-corrected chi connectivity index (χ0v) is 14.3. The maximum absolute atomic E-state index is 12.6. The lowest BCUT2D eigenvalue weighted by Crippen LogP contribution is -2.27. The number of para-hydroxylation sites is 1. The highest BCUT2D eigenvalue weighted by Gasteiger charge is 2.24. The summed E-state index contributed by atoms with van der Waals surface area (Å²) in [6.07, 6.45) is 7.81. The fourth-order valence-electron chi connectivity index (χ4n) is 3.56. The maximum atomic E-state index is 12.6. The van der Waals surface area contributed by atoms with Crippen molar-refractivity contribution in [2.24, 2.45) is 0 Å². The summed E-state index contributed by atoms with van der Waals surface area (Å²) in [5, 5.41) is 8.11. The Bertz CT molecular complexity index is 876. The van der Waals surface area contributed by atoms with Gasteiger partial charge in [-0.05, 0) is 31.9 Å². The SMILES string of the molecule is CC(NC(=O)c1cccc2cc[nH]c12)c1nc(C2CCCCC2)no1. The first-order valence-electron chi connectivity index (χ1n) is 8.93. The minimum Gasteiger partial charge on any atom is -0.361 e. The van der Waals surface area contributed by atoms with Crippen molar-refractivity contribution in [1.29, 1.82) is 0 Å². The van der Waals surface area contributed by atoms with E-state index >= 15 is 0 Å². The number of rotatable bonds is 4. The summed E-state index contributed by atoms with van der Waals surface area (Å²) in [6.45, 7) is 1.87. The third kappa shape index (κ3) is 3.16. The van der Waals surface area contributed by atoms with Crippen molar-refractivity contribution in [2.75, 3.05) is 0 Å². The lowest BCUT2D eigenvalue weighted by Gasteiger charge is -2.17. The lowest BCUT2D eigenvalue weighted by molar-refractivity contribution is 0.0934. The van der Waals surface area contributed by atoms with Crippen LogP contribution < -0.4 is 5.32 Å². The molecule has 1 unspecified atom stereocenters. The number of benzene rings is 1. The Morgan fingerprint density at radius 1 is 1.28 bits per heavy atom. The molecule has 1 aliphatic carbocycles. The summed E-state index contributed by atoms with van der Waals surface area (Å²) in [4.78, 5) is 20.3. The van der Waals surface area contributed by atoms with E-state index in [0.717, 1.165) is 29.6 Å². The Morgan fingerprint density at radius 3 is 2.96 bits per heavy atom. The third-order valence-electron chi connectivity index (χ3n) is 4.98. The van der Waals surface area contributed by atoms with Gasteiger partial charge in [-0.1, -0.05) is 36.6 Å². The number of aromatic nitrogens is 3. The van der Waals surface area contributed by atoms with Crippen molar-refractivity contribution in [3.63, 3.8) is 0 Å². The molecule has 1 aromatic carbocycles. The van der Waals surface area contributed by atoms with E-state index in [1.54, 1.807) is 0 Å². The number of hydrogen-bond acceptors (Lipinski definition) is 4. The smallest absolute Gasteiger partial charge is 0.254 e. The van der Waals surface area contributed by atoms with Crippen LogP contribution in [0.2, 0.25) is 0 Å². The molecule has 2 N–H and O–H groups in total. The number of nitrogens with zero attached hydrogens (tertiary/aromatic N) is 2. The molecule has 6 heteroatoms. The van der Waals surface area contributed by atoms with Crippen LogP contribution in [-0.4, -0.2) is 21.0 Å². The lowest BCUT2D eigenvalue weighted by atomic mass is 9.89. The minimum atomic E-state index is -0.331. The second kappa shape index (κ2) is 6.70. The van der Waals surface area contributed by atoms with E-state index in [1.807, 2.05) is 37.4 Å². The minimum absolute atomic E-state index is 0.155. The van der Waals surface area contributed by atoms with Gasteiger partial charge < -0.3 is 14.8 Å². The third-order valence-corrected chi connectivity index (χ3v) is 4.98. The normalized spacial score (nSPS) is 16.8. The van der Waals surface area contributed by atoms with Crippen molar-refractivity contribution in [3.05, 3.63) is 47.7 Å². The number of carbonyl (C=O) groups excluding carboxylic acids is 1. The Kier molecular flexibility index (Phi) is 4.26. The van der Waals surface area contributed by atoms with Crippen molar-refractivity contribution in [1.82, 2.24) is 20.4 Å². The molecular formula is C19H22N4O2. The number of aromatic amines is 1. The summed E-state index contributed by atoms with van der Waals surface area (Å²) in [7, 11) is 0. The molecule has 1 saturated carbocycles. The van der Waals surface area contributed by atoms with E-state index in [4.69, 9.17) is 4.52 Å². The summed E-state index contributed by atoms with van der Waals surface area (Å²) < 4.78 is 5.41. The van der Waals surface area contributed by atoms with Gasteiger partial charge in [0.05, 0.1) is 11.1 Å². The molecule has 0 aliphatic heterocycles. The average molecular weight is 338 g/mol. The second-order valence-electron chi connectivity index (χ2n) is 6.77. The molecular weight excluding hydrogens is 316 g/mol. The molecule has 0 saturated heterocycles. The second-order valence-corrected chi connectivity index (χ2v) is 6.77. The first-order valence-corrected chi connectivity index (χ1v) is 8.93. The predicted octanol–water partition coefficient (Wildman–Crippen LogP) is 4.09. The zero-order valence-electron chi connectivity index (χ0n) is 14.3. The van der Waals surface area contributed by atoms with Crippen molar-refractivity contribution in [3.8, 4) is 0 Å². The van der Waals surface area contributed by atoms with Crippen molar-refractivity contribution < 1.29 is 9.32 Å². The number of amides is 1. The molecule has 1 amide bonds. The fourth-order valence-corrected chi connectivity index (χ4v) is 3.56. The Balaban J connectivity index is 1.48. The summed E-state index contributed by atoms with van der Waals surface area (Å²) >= 11 is 0. The molecule has 3 aromatic rings. The van der Waals surface area contributed by atoms with Crippen molar-refractivity contribution in [2.45, 2.75) is 51.0 Å². The van der Waals surface area contributed by atoms with E-state index in [2.05, 4.69) is 20.4 Å². The Labute approximate surface area is 146 Å². The highest BCUT2D eigenvalue weighted by molar-refractivity contribution is 6.05. The van der Waals surface area contributed by atoms with Gasteiger partial charge in [0.25, 0.3) is 5.91 Å². The molecule has 2 aromatic heterocycles. The molecule has 2 heterocycles. The van der Waals surface area contributed by atoms with Crippen LogP contribution in [0.1, 0.15) is 73.1 Å².